The van der Waals surface area contributed by atoms with Crippen LogP contribution < -0.4 is 10.5 Å². The Bertz CT molecular complexity index is 434. The van der Waals surface area contributed by atoms with Gasteiger partial charge < -0.3 is 15.2 Å². The molecule has 0 radical (unpaired) electrons. The van der Waals surface area contributed by atoms with Crippen molar-refractivity contribution in [2.24, 2.45) is 5.73 Å². The lowest BCUT2D eigenvalue weighted by molar-refractivity contribution is 0.0675. The second-order valence-corrected chi connectivity index (χ2v) is 5.52. The van der Waals surface area contributed by atoms with Crippen LogP contribution in [0.1, 0.15) is 37.4 Å². The molecule has 4 heteroatoms. The number of nitrogens with zero attached hydrogens (tertiary/aromatic N) is 1. The number of hydrogen-bond acceptors (Lipinski definition) is 4. The van der Waals surface area contributed by atoms with E-state index in [0.29, 0.717) is 18.7 Å². The van der Waals surface area contributed by atoms with E-state index in [2.05, 4.69) is 24.8 Å². The summed E-state index contributed by atoms with van der Waals surface area (Å²) in [5.74, 6) is 0.974. The van der Waals surface area contributed by atoms with Gasteiger partial charge in [0, 0.05) is 37.8 Å². The average molecular weight is 278 g/mol. The maximum absolute atomic E-state index is 5.97. The number of rotatable bonds is 7. The van der Waals surface area contributed by atoms with Crippen LogP contribution in [0.5, 0.6) is 5.75 Å². The Morgan fingerprint density at radius 3 is 2.85 bits per heavy atom. The van der Waals surface area contributed by atoms with Crippen LogP contribution in [-0.2, 0) is 11.3 Å². The standard InChI is InChI=1S/C16H26N2O2/c1-12(2)20-9-5-8-18-11-14-13(15(18)10-17)6-4-7-16(14)19-3/h4,6-7,12,15H,5,8-11,17H2,1-3H3. The zero-order valence-corrected chi connectivity index (χ0v) is 12.8. The molecule has 1 unspecified atom stereocenters. The van der Waals surface area contributed by atoms with E-state index in [0.717, 1.165) is 31.9 Å². The Labute approximate surface area is 121 Å². The van der Waals surface area contributed by atoms with Gasteiger partial charge in [0.2, 0.25) is 0 Å². The van der Waals surface area contributed by atoms with Crippen molar-refractivity contribution in [2.75, 3.05) is 26.8 Å². The Kier molecular flexibility index (Phi) is 5.40. The number of fused-ring (bicyclic) bond motifs is 1. The van der Waals surface area contributed by atoms with E-state index >= 15 is 0 Å². The number of hydrogen-bond donors (Lipinski definition) is 1. The highest BCUT2D eigenvalue weighted by molar-refractivity contribution is 5.44. The van der Waals surface area contributed by atoms with Crippen LogP contribution in [0.4, 0.5) is 0 Å². The molecule has 0 aromatic heterocycles. The van der Waals surface area contributed by atoms with Crippen molar-refractivity contribution in [3.05, 3.63) is 29.3 Å². The van der Waals surface area contributed by atoms with Gasteiger partial charge in [0.1, 0.15) is 5.75 Å². The Hall–Kier alpha value is -1.10. The molecule has 0 spiro atoms. The normalized spacial score (nSPS) is 18.6. The van der Waals surface area contributed by atoms with E-state index in [1.165, 1.54) is 11.1 Å². The number of benzene rings is 1. The highest BCUT2D eigenvalue weighted by Crippen LogP contribution is 2.37. The summed E-state index contributed by atoms with van der Waals surface area (Å²) in [6.07, 6.45) is 1.33. The highest BCUT2D eigenvalue weighted by Gasteiger charge is 2.30. The fourth-order valence-corrected chi connectivity index (χ4v) is 2.86. The predicted octanol–water partition coefficient (Wildman–Crippen LogP) is 2.33. The number of ether oxygens (including phenoxy) is 2. The van der Waals surface area contributed by atoms with Gasteiger partial charge in [-0.3, -0.25) is 4.90 Å². The molecular weight excluding hydrogens is 252 g/mol. The van der Waals surface area contributed by atoms with Crippen molar-refractivity contribution in [2.45, 2.75) is 39.0 Å². The third-order valence-electron chi connectivity index (χ3n) is 3.81. The summed E-state index contributed by atoms with van der Waals surface area (Å²) in [7, 11) is 1.73. The second-order valence-electron chi connectivity index (χ2n) is 5.52. The van der Waals surface area contributed by atoms with Crippen molar-refractivity contribution in [3.63, 3.8) is 0 Å². The molecule has 1 aliphatic heterocycles. The van der Waals surface area contributed by atoms with E-state index in [4.69, 9.17) is 15.2 Å². The second kappa shape index (κ2) is 7.07. The van der Waals surface area contributed by atoms with Gasteiger partial charge >= 0.3 is 0 Å². The first kappa shape index (κ1) is 15.3. The van der Waals surface area contributed by atoms with Gasteiger partial charge in [0.15, 0.2) is 0 Å². The third-order valence-corrected chi connectivity index (χ3v) is 3.81. The van der Waals surface area contributed by atoms with Crippen molar-refractivity contribution >= 4 is 0 Å². The van der Waals surface area contributed by atoms with Gasteiger partial charge in [0.05, 0.1) is 13.2 Å². The van der Waals surface area contributed by atoms with Crippen LogP contribution in [0.3, 0.4) is 0 Å². The molecule has 0 saturated carbocycles. The molecular formula is C16H26N2O2. The van der Waals surface area contributed by atoms with E-state index < -0.39 is 0 Å². The predicted molar refractivity (Wildman–Crippen MR) is 80.9 cm³/mol. The maximum atomic E-state index is 5.97. The fraction of sp³-hybridized carbons (Fsp3) is 0.625. The lowest BCUT2D eigenvalue weighted by Crippen LogP contribution is -2.29. The average Bonchev–Trinajstić information content (AvgIpc) is 2.80. The Balaban J connectivity index is 1.99. The van der Waals surface area contributed by atoms with Gasteiger partial charge in [-0.05, 0) is 31.9 Å². The summed E-state index contributed by atoms with van der Waals surface area (Å²) >= 11 is 0. The monoisotopic (exact) mass is 278 g/mol. The highest BCUT2D eigenvalue weighted by atomic mass is 16.5. The minimum absolute atomic E-state index is 0.302. The largest absolute Gasteiger partial charge is 0.496 e. The molecule has 1 atom stereocenters. The van der Waals surface area contributed by atoms with Gasteiger partial charge in [-0.25, -0.2) is 0 Å². The molecule has 2 N–H and O–H groups in total. The molecule has 1 aromatic rings. The van der Waals surface area contributed by atoms with Crippen LogP contribution in [0.25, 0.3) is 0 Å². The summed E-state index contributed by atoms with van der Waals surface area (Å²) in [5, 5.41) is 0. The summed E-state index contributed by atoms with van der Waals surface area (Å²) in [6.45, 7) is 7.51. The molecule has 4 nitrogen and oxygen atoms in total. The lowest BCUT2D eigenvalue weighted by Gasteiger charge is -2.23. The SMILES string of the molecule is COc1cccc2c1CN(CCCOC(C)C)C2CN. The van der Waals surface area contributed by atoms with Crippen LogP contribution in [0.2, 0.25) is 0 Å². The first-order valence-corrected chi connectivity index (χ1v) is 7.38. The molecule has 0 aliphatic carbocycles. The molecule has 20 heavy (non-hydrogen) atoms. The quantitative estimate of drug-likeness (QED) is 0.778. The van der Waals surface area contributed by atoms with Crippen molar-refractivity contribution in [1.82, 2.24) is 4.90 Å². The van der Waals surface area contributed by atoms with Crippen LogP contribution >= 0.6 is 0 Å². The van der Waals surface area contributed by atoms with E-state index in [-0.39, 0.29) is 0 Å². The fourth-order valence-electron chi connectivity index (χ4n) is 2.86. The summed E-state index contributed by atoms with van der Waals surface area (Å²) in [4.78, 5) is 2.43. The van der Waals surface area contributed by atoms with Gasteiger partial charge in [-0.15, -0.1) is 0 Å². The number of methoxy groups -OCH3 is 1. The Morgan fingerprint density at radius 2 is 2.20 bits per heavy atom. The van der Waals surface area contributed by atoms with E-state index in [1.54, 1.807) is 7.11 Å². The van der Waals surface area contributed by atoms with Crippen molar-refractivity contribution < 1.29 is 9.47 Å². The zero-order valence-electron chi connectivity index (χ0n) is 12.8. The molecule has 1 aromatic carbocycles. The zero-order chi connectivity index (χ0) is 14.5. The third kappa shape index (κ3) is 3.32. The van der Waals surface area contributed by atoms with E-state index in [9.17, 15) is 0 Å². The molecule has 1 aliphatic rings. The van der Waals surface area contributed by atoms with Crippen LogP contribution in [0.15, 0.2) is 18.2 Å². The van der Waals surface area contributed by atoms with Crippen LogP contribution in [0, 0.1) is 0 Å². The molecule has 1 heterocycles. The van der Waals surface area contributed by atoms with Gasteiger partial charge in [0.25, 0.3) is 0 Å². The minimum Gasteiger partial charge on any atom is -0.496 e. The molecule has 0 saturated heterocycles. The topological polar surface area (TPSA) is 47.7 Å². The first-order valence-electron chi connectivity index (χ1n) is 7.38. The van der Waals surface area contributed by atoms with Gasteiger partial charge in [-0.1, -0.05) is 12.1 Å². The molecule has 0 fully saturated rings. The molecule has 0 bridgehead atoms. The molecule has 112 valence electrons. The van der Waals surface area contributed by atoms with Crippen molar-refractivity contribution in [1.29, 1.82) is 0 Å². The summed E-state index contributed by atoms with van der Waals surface area (Å²) < 4.78 is 11.1. The van der Waals surface area contributed by atoms with E-state index in [1.807, 2.05) is 12.1 Å². The first-order chi connectivity index (χ1) is 9.67. The summed E-state index contributed by atoms with van der Waals surface area (Å²) in [5.41, 5.74) is 8.57. The van der Waals surface area contributed by atoms with Crippen LogP contribution in [-0.4, -0.2) is 37.8 Å². The van der Waals surface area contributed by atoms with Gasteiger partial charge in [-0.2, -0.15) is 0 Å². The number of nitrogens with two attached hydrogens (primary N) is 1. The summed E-state index contributed by atoms with van der Waals surface area (Å²) in [6, 6.07) is 6.54. The lowest BCUT2D eigenvalue weighted by atomic mass is 10.0. The van der Waals surface area contributed by atoms with Crippen molar-refractivity contribution in [3.8, 4) is 5.75 Å². The Morgan fingerprint density at radius 1 is 1.40 bits per heavy atom. The molecule has 0 amide bonds. The maximum Gasteiger partial charge on any atom is 0.123 e. The molecule has 2 rings (SSSR count). The smallest absolute Gasteiger partial charge is 0.123 e. The minimum atomic E-state index is 0.302.